The van der Waals surface area contributed by atoms with E-state index in [1.165, 1.54) is 11.3 Å². The Labute approximate surface area is 233 Å². The van der Waals surface area contributed by atoms with Crippen molar-refractivity contribution in [1.29, 1.82) is 0 Å². The van der Waals surface area contributed by atoms with Crippen LogP contribution in [0.1, 0.15) is 43.9 Å². The standard InChI is InChI=1S/C28H29BrN2O6S/c1-6-8-20-24(27(33)37-7-2)25(19-14-17(29)10-12-21(19)35-4)31-26(32)23(38-28(31)30-20)13-16-9-11-18(34-3)15-22(16)36-5/h9-15,25H,6-8H2,1-5H3/b23-13+/t25-/m1/s1. The number of thiazole rings is 1. The molecule has 1 aromatic heterocycles. The lowest BCUT2D eigenvalue weighted by molar-refractivity contribution is -0.139. The largest absolute Gasteiger partial charge is 0.497 e. The number of allylic oxidation sites excluding steroid dienone is 1. The van der Waals surface area contributed by atoms with Crippen LogP contribution in [0.4, 0.5) is 0 Å². The first-order chi connectivity index (χ1) is 18.4. The van der Waals surface area contributed by atoms with Crippen molar-refractivity contribution in [2.45, 2.75) is 32.7 Å². The molecule has 0 spiro atoms. The number of nitrogens with zero attached hydrogens (tertiary/aromatic N) is 2. The maximum Gasteiger partial charge on any atom is 0.338 e. The summed E-state index contributed by atoms with van der Waals surface area (Å²) in [6, 6.07) is 10.1. The lowest BCUT2D eigenvalue weighted by atomic mass is 9.93. The Bertz CT molecular complexity index is 1570. The number of carbonyl (C=O) groups excluding carboxylic acids is 1. The smallest absolute Gasteiger partial charge is 0.338 e. The van der Waals surface area contributed by atoms with E-state index in [0.717, 1.165) is 10.9 Å². The van der Waals surface area contributed by atoms with E-state index in [1.807, 2.05) is 25.1 Å². The molecule has 0 unspecified atom stereocenters. The quantitative estimate of drug-likeness (QED) is 0.339. The summed E-state index contributed by atoms with van der Waals surface area (Å²) in [4.78, 5) is 32.7. The highest BCUT2D eigenvalue weighted by atomic mass is 79.9. The number of methoxy groups -OCH3 is 3. The maximum absolute atomic E-state index is 14.0. The molecule has 0 saturated carbocycles. The first-order valence-electron chi connectivity index (χ1n) is 12.1. The van der Waals surface area contributed by atoms with E-state index in [-0.39, 0.29) is 12.2 Å². The van der Waals surface area contributed by atoms with Crippen molar-refractivity contribution in [3.63, 3.8) is 0 Å². The molecule has 8 nitrogen and oxygen atoms in total. The molecule has 2 aromatic carbocycles. The van der Waals surface area contributed by atoms with E-state index in [9.17, 15) is 9.59 Å². The van der Waals surface area contributed by atoms with E-state index in [0.29, 0.717) is 55.4 Å². The van der Waals surface area contributed by atoms with Gasteiger partial charge >= 0.3 is 5.97 Å². The highest BCUT2D eigenvalue weighted by Crippen LogP contribution is 2.38. The fourth-order valence-corrected chi connectivity index (χ4v) is 5.80. The van der Waals surface area contributed by atoms with Crippen LogP contribution in [0.15, 0.2) is 61.9 Å². The van der Waals surface area contributed by atoms with Gasteiger partial charge in [0.1, 0.15) is 23.3 Å². The van der Waals surface area contributed by atoms with E-state index in [1.54, 1.807) is 57.1 Å². The van der Waals surface area contributed by atoms with Crippen molar-refractivity contribution in [3.05, 3.63) is 83.0 Å². The van der Waals surface area contributed by atoms with Crippen LogP contribution < -0.4 is 29.1 Å². The second kappa shape index (κ2) is 12.0. The van der Waals surface area contributed by atoms with Gasteiger partial charge in [0.15, 0.2) is 4.80 Å². The molecule has 4 rings (SSSR count). The average Bonchev–Trinajstić information content (AvgIpc) is 3.22. The van der Waals surface area contributed by atoms with Crippen molar-refractivity contribution in [1.82, 2.24) is 4.57 Å². The Hall–Kier alpha value is -3.37. The molecule has 0 saturated heterocycles. The highest BCUT2D eigenvalue weighted by molar-refractivity contribution is 9.10. The fraction of sp³-hybridized carbons (Fsp3) is 0.321. The Balaban J connectivity index is 2.04. The van der Waals surface area contributed by atoms with Crippen LogP contribution >= 0.6 is 27.3 Å². The number of aromatic nitrogens is 1. The summed E-state index contributed by atoms with van der Waals surface area (Å²) in [7, 11) is 4.71. The summed E-state index contributed by atoms with van der Waals surface area (Å²) in [6.45, 7) is 3.97. The van der Waals surface area contributed by atoms with Gasteiger partial charge in [-0.15, -0.1) is 0 Å². The highest BCUT2D eigenvalue weighted by Gasteiger charge is 2.36. The molecule has 0 aliphatic carbocycles. The first kappa shape index (κ1) is 27.7. The molecule has 2 heterocycles. The number of rotatable bonds is 9. The van der Waals surface area contributed by atoms with Crippen LogP contribution in [0.5, 0.6) is 17.2 Å². The van der Waals surface area contributed by atoms with Gasteiger partial charge in [-0.25, -0.2) is 9.79 Å². The maximum atomic E-state index is 14.0. The van der Waals surface area contributed by atoms with Gasteiger partial charge in [-0.3, -0.25) is 9.36 Å². The van der Waals surface area contributed by atoms with Crippen molar-refractivity contribution in [2.75, 3.05) is 27.9 Å². The summed E-state index contributed by atoms with van der Waals surface area (Å²) in [5.41, 5.74) is 2.03. The fourth-order valence-electron chi connectivity index (χ4n) is 4.41. The van der Waals surface area contributed by atoms with E-state index in [2.05, 4.69) is 15.9 Å². The molecule has 1 aliphatic rings. The lowest BCUT2D eigenvalue weighted by Crippen LogP contribution is -2.40. The summed E-state index contributed by atoms with van der Waals surface area (Å²) < 4.78 is 24.8. The van der Waals surface area contributed by atoms with Gasteiger partial charge < -0.3 is 18.9 Å². The first-order valence-corrected chi connectivity index (χ1v) is 13.7. The van der Waals surface area contributed by atoms with Gasteiger partial charge in [0.05, 0.1) is 43.7 Å². The van der Waals surface area contributed by atoms with Crippen LogP contribution in [-0.4, -0.2) is 38.5 Å². The van der Waals surface area contributed by atoms with Crippen molar-refractivity contribution < 1.29 is 23.7 Å². The molecule has 200 valence electrons. The zero-order valence-corrected chi connectivity index (χ0v) is 24.3. The van der Waals surface area contributed by atoms with Gasteiger partial charge in [0.25, 0.3) is 5.56 Å². The van der Waals surface area contributed by atoms with Crippen LogP contribution in [0.3, 0.4) is 0 Å². The molecular formula is C28H29BrN2O6S. The van der Waals surface area contributed by atoms with E-state index < -0.39 is 12.0 Å². The van der Waals surface area contributed by atoms with E-state index in [4.69, 9.17) is 23.9 Å². The number of benzene rings is 2. The van der Waals surface area contributed by atoms with Crippen molar-refractivity contribution >= 4 is 39.3 Å². The molecule has 1 aliphatic heterocycles. The second-order valence-corrected chi connectivity index (χ2v) is 10.3. The number of halogens is 1. The SMILES string of the molecule is CCCC1=C(C(=O)OCC)[C@@H](c2cc(Br)ccc2OC)n2c(s/c(=C/c3ccc(OC)cc3OC)c2=O)=N1. The second-order valence-electron chi connectivity index (χ2n) is 8.41. The zero-order chi connectivity index (χ0) is 27.4. The number of fused-ring (bicyclic) bond motifs is 1. The normalized spacial score (nSPS) is 15.1. The molecule has 0 radical (unpaired) electrons. The Kier molecular flexibility index (Phi) is 8.73. The van der Waals surface area contributed by atoms with E-state index >= 15 is 0 Å². The minimum absolute atomic E-state index is 0.200. The topological polar surface area (TPSA) is 88.4 Å². The molecule has 0 N–H and O–H groups in total. The summed E-state index contributed by atoms with van der Waals surface area (Å²) >= 11 is 4.80. The predicted molar refractivity (Wildman–Crippen MR) is 150 cm³/mol. The summed E-state index contributed by atoms with van der Waals surface area (Å²) in [5, 5.41) is 0. The zero-order valence-electron chi connectivity index (χ0n) is 21.9. The lowest BCUT2D eigenvalue weighted by Gasteiger charge is -2.27. The predicted octanol–water partition coefficient (Wildman–Crippen LogP) is 4.37. The molecule has 10 heteroatoms. The minimum atomic E-state index is -0.779. The Morgan fingerprint density at radius 3 is 2.50 bits per heavy atom. The molecular weight excluding hydrogens is 572 g/mol. The Morgan fingerprint density at radius 2 is 1.84 bits per heavy atom. The van der Waals surface area contributed by atoms with Gasteiger partial charge in [0.2, 0.25) is 0 Å². The number of hydrogen-bond acceptors (Lipinski definition) is 8. The third kappa shape index (κ3) is 5.28. The average molecular weight is 602 g/mol. The molecule has 0 fully saturated rings. The van der Waals surface area contributed by atoms with Gasteiger partial charge in [-0.05, 0) is 49.8 Å². The number of hydrogen-bond donors (Lipinski definition) is 0. The van der Waals surface area contributed by atoms with Crippen LogP contribution in [0.25, 0.3) is 6.08 Å². The number of esters is 1. The Morgan fingerprint density at radius 1 is 1.08 bits per heavy atom. The molecule has 3 aromatic rings. The van der Waals surface area contributed by atoms with Crippen LogP contribution in [0, 0.1) is 0 Å². The van der Waals surface area contributed by atoms with Crippen molar-refractivity contribution in [3.8, 4) is 17.2 Å². The third-order valence-corrected chi connectivity index (χ3v) is 7.58. The van der Waals surface area contributed by atoms with Crippen molar-refractivity contribution in [2.24, 2.45) is 4.99 Å². The van der Waals surface area contributed by atoms with Gasteiger partial charge in [-0.1, -0.05) is 40.6 Å². The van der Waals surface area contributed by atoms with Gasteiger partial charge in [0, 0.05) is 21.7 Å². The molecule has 0 bridgehead atoms. The summed E-state index contributed by atoms with van der Waals surface area (Å²) in [5.74, 6) is 1.26. The van der Waals surface area contributed by atoms with Crippen LogP contribution in [0.2, 0.25) is 0 Å². The minimum Gasteiger partial charge on any atom is -0.497 e. The number of ether oxygens (including phenoxy) is 4. The summed E-state index contributed by atoms with van der Waals surface area (Å²) in [6.07, 6.45) is 3.09. The molecule has 0 amide bonds. The number of carbonyl (C=O) groups is 1. The molecule has 1 atom stereocenters. The van der Waals surface area contributed by atoms with Gasteiger partial charge in [-0.2, -0.15) is 0 Å². The third-order valence-electron chi connectivity index (χ3n) is 6.11. The monoisotopic (exact) mass is 600 g/mol. The van der Waals surface area contributed by atoms with Crippen LogP contribution in [-0.2, 0) is 9.53 Å². The molecule has 38 heavy (non-hydrogen) atoms.